The number of hydrogen-bond donors (Lipinski definition) is 5. The second kappa shape index (κ2) is 30.3. The molecule has 4 saturated heterocycles. The first-order chi connectivity index (χ1) is 41.3. The summed E-state index contributed by atoms with van der Waals surface area (Å²) >= 11 is 0. The Hall–Kier alpha value is -5.33. The van der Waals surface area contributed by atoms with Crippen molar-refractivity contribution >= 4 is 40.1 Å². The van der Waals surface area contributed by atoms with Gasteiger partial charge in [-0.15, -0.1) is 0 Å². The highest BCUT2D eigenvalue weighted by Crippen LogP contribution is 2.40. The van der Waals surface area contributed by atoms with E-state index < -0.39 is 102 Å². The smallest absolute Gasteiger partial charge is 0.469 e. The van der Waals surface area contributed by atoms with Gasteiger partial charge in [0.2, 0.25) is 0 Å². The third-order valence-electron chi connectivity index (χ3n) is 15.9. The van der Waals surface area contributed by atoms with Crippen molar-refractivity contribution in [1.82, 2.24) is 19.6 Å². The zero-order valence-corrected chi connectivity index (χ0v) is 50.4. The van der Waals surface area contributed by atoms with E-state index in [1.807, 2.05) is 30.3 Å². The van der Waals surface area contributed by atoms with Gasteiger partial charge in [-0.05, 0) is 111 Å². The average molecular weight is 1260 g/mol. The van der Waals surface area contributed by atoms with E-state index in [2.05, 4.69) is 10.6 Å². The van der Waals surface area contributed by atoms with Crippen molar-refractivity contribution in [3.8, 4) is 11.5 Å². The van der Waals surface area contributed by atoms with Crippen LogP contribution in [0.15, 0.2) is 119 Å². The molecule has 25 nitrogen and oxygen atoms in total. The van der Waals surface area contributed by atoms with Crippen LogP contribution in [0.2, 0.25) is 0 Å². The summed E-state index contributed by atoms with van der Waals surface area (Å²) in [5.41, 5.74) is 1.54. The van der Waals surface area contributed by atoms with Gasteiger partial charge in [-0.3, -0.25) is 14.2 Å². The summed E-state index contributed by atoms with van der Waals surface area (Å²) in [7, 11) is -10.8. The third-order valence-corrected chi connectivity index (χ3v) is 19.8. The fourth-order valence-corrected chi connectivity index (χ4v) is 14.5. The number of rotatable bonds is 26. The molecular weight excluding hydrogens is 1180 g/mol. The molecule has 28 heteroatoms. The lowest BCUT2D eigenvalue weighted by atomic mass is 10.0. The number of carbonyl (C=O) groups excluding carboxylic acids is 2. The number of benzene rings is 4. The molecule has 4 heterocycles. The van der Waals surface area contributed by atoms with Gasteiger partial charge in [0.25, 0.3) is 20.0 Å². The minimum Gasteiger partial charge on any atom is -0.497 e. The lowest BCUT2D eigenvalue weighted by Gasteiger charge is -2.33. The quantitative estimate of drug-likeness (QED) is 0.0347. The normalized spacial score (nSPS) is 23.8. The number of amides is 2. The van der Waals surface area contributed by atoms with Gasteiger partial charge < -0.3 is 63.4 Å². The number of hydroxylamine groups is 2. The van der Waals surface area contributed by atoms with Crippen LogP contribution < -0.4 is 20.1 Å². The maximum atomic E-state index is 13.9. The van der Waals surface area contributed by atoms with Crippen molar-refractivity contribution in [3.05, 3.63) is 120 Å². The first-order valence-corrected chi connectivity index (χ1v) is 33.3. The summed E-state index contributed by atoms with van der Waals surface area (Å²) in [5, 5.41) is 16.9. The lowest BCUT2D eigenvalue weighted by Crippen LogP contribution is -2.52. The second-order valence-corrected chi connectivity index (χ2v) is 26.7. The number of alkyl carbamates (subject to hydrolysis) is 2. The number of nitrogens with one attached hydrogen (secondary N) is 2. The number of carbonyl (C=O) groups is 2. The average Bonchev–Trinajstić information content (AvgIpc) is 1.59. The fraction of sp³-hybridized carbons (Fsp3) is 0.552. The molecular formula is C58H77N4O21PS2. The van der Waals surface area contributed by atoms with E-state index in [-0.39, 0.29) is 60.1 Å². The Morgan fingerprint density at radius 2 is 0.988 bits per heavy atom. The molecule has 86 heavy (non-hydrogen) atoms. The van der Waals surface area contributed by atoms with Crippen LogP contribution in [0, 0.1) is 11.8 Å². The Morgan fingerprint density at radius 1 is 0.581 bits per heavy atom. The van der Waals surface area contributed by atoms with Crippen LogP contribution in [0.4, 0.5) is 9.59 Å². The Labute approximate surface area is 501 Å². The molecule has 0 bridgehead atoms. The molecule has 8 unspecified atom stereocenters. The van der Waals surface area contributed by atoms with E-state index in [4.69, 9.17) is 52.1 Å². The number of aliphatic hydroxyl groups excluding tert-OH is 1. The SMILES string of the molecule is COc1ccc(S(=O)(=O)N(CC(O)[C@H](Cc2ccccc2)NC(=O)OC2COC3OCCC23)OC2CCCC2)cc1.COc1ccc(S(=O)(=O)N(CC(OP(=O)(O)O)[C@H](Cc2ccccc2)NC(=O)OC2COC3OCCC23)OC2CCCC2)cc1. The summed E-state index contributed by atoms with van der Waals surface area (Å²) in [6, 6.07) is 27.8. The molecule has 10 atom stereocenters. The number of ether oxygens (including phenoxy) is 8. The standard InChI is InChI=1S/C29H39N2O12PS.C29H38N2O9S/c1-38-21-11-13-23(14-12-21)45(36,37)31(42-22-9-5-6-10-22)18-26(43-44(33,34)35)25(17-20-7-3-2-4-8-20)30-29(32)41-27-19-40-28-24(27)15-16-39-28;1-36-21-11-13-23(14-12-21)41(34,35)31(40-22-9-5-6-10-22)18-26(32)25(17-20-7-3-2-4-8-20)30-29(33)39-27-19-38-28-24(27)15-16-37-28/h2-4,7-8,11-14,22,24-28H,5-6,9-10,15-19H2,1H3,(H,30,32)(H2,33,34,35);2-4,7-8,11-14,22,24-28,32H,5-6,9-10,15-19H2,1H3,(H,30,33)/t2*24?,25-,26?,27?,28?/m00/s1. The molecule has 2 aliphatic carbocycles. The summed E-state index contributed by atoms with van der Waals surface area (Å²) in [5.74, 6) is 0.772. The molecule has 4 aliphatic heterocycles. The molecule has 2 saturated carbocycles. The van der Waals surface area contributed by atoms with Gasteiger partial charge in [-0.2, -0.15) is 0 Å². The van der Waals surface area contributed by atoms with E-state index in [1.165, 1.54) is 50.6 Å². The number of hydrogen-bond acceptors (Lipinski definition) is 19. The van der Waals surface area contributed by atoms with Gasteiger partial charge in [0.15, 0.2) is 12.6 Å². The van der Waals surface area contributed by atoms with Gasteiger partial charge in [-0.1, -0.05) is 95.3 Å². The molecule has 6 aliphatic rings. The van der Waals surface area contributed by atoms with Crippen LogP contribution in [0.25, 0.3) is 0 Å². The second-order valence-electron chi connectivity index (χ2n) is 21.9. The van der Waals surface area contributed by atoms with Crippen molar-refractivity contribution in [1.29, 1.82) is 0 Å². The number of sulfonamides is 2. The molecule has 6 fully saturated rings. The third kappa shape index (κ3) is 17.7. The van der Waals surface area contributed by atoms with E-state index in [1.54, 1.807) is 42.5 Å². The van der Waals surface area contributed by atoms with Crippen LogP contribution in [0.1, 0.15) is 75.3 Å². The molecule has 0 spiro atoms. The lowest BCUT2D eigenvalue weighted by molar-refractivity contribution is -0.145. The first-order valence-electron chi connectivity index (χ1n) is 28.9. The highest BCUT2D eigenvalue weighted by Gasteiger charge is 2.46. The van der Waals surface area contributed by atoms with Crippen molar-refractivity contribution in [2.45, 2.75) is 148 Å². The van der Waals surface area contributed by atoms with E-state index >= 15 is 0 Å². The number of fused-ring (bicyclic) bond motifs is 2. The van der Waals surface area contributed by atoms with Crippen molar-refractivity contribution < 1.29 is 98.0 Å². The molecule has 2 amide bonds. The Balaban J connectivity index is 0.000000206. The Morgan fingerprint density at radius 3 is 1.41 bits per heavy atom. The minimum atomic E-state index is -5.22. The summed E-state index contributed by atoms with van der Waals surface area (Å²) < 4.78 is 118. The van der Waals surface area contributed by atoms with Crippen LogP contribution >= 0.6 is 7.82 Å². The monoisotopic (exact) mass is 1260 g/mol. The van der Waals surface area contributed by atoms with E-state index in [9.17, 15) is 45.9 Å². The fourth-order valence-electron chi connectivity index (χ4n) is 11.3. The summed E-state index contributed by atoms with van der Waals surface area (Å²) in [6.45, 7) is 0.346. The van der Waals surface area contributed by atoms with Crippen LogP contribution in [0.5, 0.6) is 11.5 Å². The Bertz CT molecular complexity index is 3070. The molecule has 5 N–H and O–H groups in total. The Kier molecular flexibility index (Phi) is 22.9. The zero-order valence-electron chi connectivity index (χ0n) is 47.9. The predicted octanol–water partition coefficient (Wildman–Crippen LogP) is 6.16. The van der Waals surface area contributed by atoms with Gasteiger partial charge >= 0.3 is 20.0 Å². The van der Waals surface area contributed by atoms with Crippen molar-refractivity contribution in [3.63, 3.8) is 0 Å². The van der Waals surface area contributed by atoms with Gasteiger partial charge in [0.05, 0.1) is 106 Å². The molecule has 0 radical (unpaired) electrons. The molecule has 0 aromatic heterocycles. The largest absolute Gasteiger partial charge is 0.497 e. The highest BCUT2D eigenvalue weighted by atomic mass is 32.2. The first kappa shape index (κ1) is 65.1. The van der Waals surface area contributed by atoms with Gasteiger partial charge in [-0.25, -0.2) is 31.0 Å². The van der Waals surface area contributed by atoms with E-state index in [0.29, 0.717) is 54.0 Å². The van der Waals surface area contributed by atoms with Crippen LogP contribution in [-0.4, -0.2) is 168 Å². The maximum Gasteiger partial charge on any atom is 0.469 e. The number of phosphoric ester groups is 1. The number of methoxy groups -OCH3 is 2. The number of aliphatic hydroxyl groups is 1. The van der Waals surface area contributed by atoms with Gasteiger partial charge in [0.1, 0.15) is 29.8 Å². The molecule has 4 aromatic carbocycles. The maximum absolute atomic E-state index is 13.9. The predicted molar refractivity (Wildman–Crippen MR) is 306 cm³/mol. The van der Waals surface area contributed by atoms with Gasteiger partial charge in [0, 0.05) is 0 Å². The summed E-state index contributed by atoms with van der Waals surface area (Å²) in [4.78, 5) is 58.0. The summed E-state index contributed by atoms with van der Waals surface area (Å²) in [6.07, 6.45) is 0.745. The topological polar surface area (TPSA) is 312 Å². The van der Waals surface area contributed by atoms with E-state index in [0.717, 1.165) is 55.0 Å². The molecule has 472 valence electrons. The van der Waals surface area contributed by atoms with Crippen LogP contribution in [-0.2, 0) is 80.1 Å². The molecule has 4 aromatic rings. The van der Waals surface area contributed by atoms with Crippen molar-refractivity contribution in [2.75, 3.05) is 53.7 Å². The van der Waals surface area contributed by atoms with Crippen LogP contribution in [0.3, 0.4) is 0 Å². The zero-order chi connectivity index (χ0) is 60.8. The number of phosphoric acid groups is 1. The minimum absolute atomic E-state index is 0.00467. The number of nitrogens with zero attached hydrogens (tertiary/aromatic N) is 2. The molecule has 10 rings (SSSR count). The van der Waals surface area contributed by atoms with Crippen molar-refractivity contribution in [2.24, 2.45) is 11.8 Å². The highest BCUT2D eigenvalue weighted by molar-refractivity contribution is 7.89.